The Balaban J connectivity index is 0.000000487. The summed E-state index contributed by atoms with van der Waals surface area (Å²) in [4.78, 5) is 31.1. The molecular formula is C16H23N3O6S. The van der Waals surface area contributed by atoms with Crippen LogP contribution in [0.2, 0.25) is 0 Å². The number of nitrogens with zero attached hydrogens (tertiary/aromatic N) is 3. The number of hydrogen-bond donors (Lipinski definition) is 2. The van der Waals surface area contributed by atoms with Crippen LogP contribution in [0, 0.1) is 0 Å². The average Bonchev–Trinajstić information content (AvgIpc) is 2.98. The van der Waals surface area contributed by atoms with Crippen LogP contribution in [-0.4, -0.2) is 71.6 Å². The maximum atomic E-state index is 9.10. The summed E-state index contributed by atoms with van der Waals surface area (Å²) < 4.78 is 5.31. The molecule has 0 fully saturated rings. The highest BCUT2D eigenvalue weighted by atomic mass is 32.1. The molecule has 1 aliphatic rings. The fourth-order valence-corrected chi connectivity index (χ4v) is 2.86. The lowest BCUT2D eigenvalue weighted by molar-refractivity contribution is -0.159. The first-order chi connectivity index (χ1) is 12.2. The van der Waals surface area contributed by atoms with Crippen LogP contribution in [0.3, 0.4) is 0 Å². The van der Waals surface area contributed by atoms with Gasteiger partial charge in [-0.3, -0.25) is 0 Å². The van der Waals surface area contributed by atoms with Gasteiger partial charge in [0.15, 0.2) is 0 Å². The van der Waals surface area contributed by atoms with E-state index in [-0.39, 0.29) is 6.10 Å². The molecule has 0 amide bonds. The number of aromatic nitrogens is 1. The Morgan fingerprint density at radius 2 is 2.04 bits per heavy atom. The highest BCUT2D eigenvalue weighted by molar-refractivity contribution is 7.14. The third-order valence-corrected chi connectivity index (χ3v) is 4.10. The molecule has 26 heavy (non-hydrogen) atoms. The van der Waals surface area contributed by atoms with Crippen LogP contribution in [0.25, 0.3) is 5.57 Å². The van der Waals surface area contributed by atoms with Crippen LogP contribution >= 0.6 is 11.3 Å². The fourth-order valence-electron chi connectivity index (χ4n) is 1.93. The standard InChI is InChI=1S/C14H21N3O2S.C2H2O4/c1-10(2)19-15-8-12-13(18-4)16-14(20-12)11-6-5-7-17(3)9-11;3-1(4)2(5)6/h6,8,10H,5,7,9H2,1-4H3;(H,3,4)(H,5,6). The second-order valence-electron chi connectivity index (χ2n) is 5.65. The second kappa shape index (κ2) is 10.5. The number of carboxylic acids is 2. The first-order valence-corrected chi connectivity index (χ1v) is 8.64. The van der Waals surface area contributed by atoms with E-state index in [2.05, 4.69) is 28.2 Å². The van der Waals surface area contributed by atoms with Crippen LogP contribution in [-0.2, 0) is 14.4 Å². The molecule has 0 aliphatic carbocycles. The van der Waals surface area contributed by atoms with Crippen LogP contribution in [0.1, 0.15) is 30.2 Å². The average molecular weight is 385 g/mol. The van der Waals surface area contributed by atoms with Crippen LogP contribution in [0.4, 0.5) is 0 Å². The molecule has 10 heteroatoms. The van der Waals surface area contributed by atoms with Crippen molar-refractivity contribution < 1.29 is 29.4 Å². The Morgan fingerprint density at radius 1 is 1.38 bits per heavy atom. The monoisotopic (exact) mass is 385 g/mol. The van der Waals surface area contributed by atoms with Gasteiger partial charge in [-0.2, -0.15) is 0 Å². The van der Waals surface area contributed by atoms with Crippen molar-refractivity contribution in [3.63, 3.8) is 0 Å². The summed E-state index contributed by atoms with van der Waals surface area (Å²) in [5.74, 6) is -3.04. The third-order valence-electron chi connectivity index (χ3n) is 3.05. The number of rotatable bonds is 5. The lowest BCUT2D eigenvalue weighted by Crippen LogP contribution is -2.24. The summed E-state index contributed by atoms with van der Waals surface area (Å²) in [6.07, 6.45) is 5.06. The molecule has 0 spiro atoms. The molecular weight excluding hydrogens is 362 g/mol. The predicted molar refractivity (Wildman–Crippen MR) is 97.8 cm³/mol. The first-order valence-electron chi connectivity index (χ1n) is 7.82. The van der Waals surface area contributed by atoms with Gasteiger partial charge in [0.1, 0.15) is 16.0 Å². The minimum Gasteiger partial charge on any atom is -0.480 e. The topological polar surface area (TPSA) is 122 Å². The summed E-state index contributed by atoms with van der Waals surface area (Å²) >= 11 is 1.58. The molecule has 1 aromatic heterocycles. The highest BCUT2D eigenvalue weighted by Crippen LogP contribution is 2.30. The van der Waals surface area contributed by atoms with E-state index in [1.54, 1.807) is 24.7 Å². The van der Waals surface area contributed by atoms with E-state index in [0.29, 0.717) is 5.88 Å². The third kappa shape index (κ3) is 7.19. The van der Waals surface area contributed by atoms with E-state index in [1.165, 1.54) is 5.57 Å². The maximum Gasteiger partial charge on any atom is 0.414 e. The predicted octanol–water partition coefficient (Wildman–Crippen LogP) is 1.79. The lowest BCUT2D eigenvalue weighted by Gasteiger charge is -2.21. The first kappa shape index (κ1) is 21.6. The van der Waals surface area contributed by atoms with Crippen molar-refractivity contribution in [2.24, 2.45) is 5.16 Å². The molecule has 0 atom stereocenters. The van der Waals surface area contributed by atoms with E-state index >= 15 is 0 Å². The summed E-state index contributed by atoms with van der Waals surface area (Å²) in [5, 5.41) is 19.7. The van der Waals surface area contributed by atoms with E-state index in [4.69, 9.17) is 29.4 Å². The molecule has 0 bridgehead atoms. The quantitative estimate of drug-likeness (QED) is 0.447. The molecule has 2 heterocycles. The molecule has 0 saturated carbocycles. The molecule has 0 unspecified atom stereocenters. The van der Waals surface area contributed by atoms with Gasteiger partial charge in [0, 0.05) is 13.1 Å². The number of methoxy groups -OCH3 is 1. The minimum atomic E-state index is -1.82. The van der Waals surface area contributed by atoms with E-state index < -0.39 is 11.9 Å². The van der Waals surface area contributed by atoms with Gasteiger partial charge in [-0.15, -0.1) is 11.3 Å². The van der Waals surface area contributed by atoms with E-state index in [1.807, 2.05) is 13.8 Å². The SMILES string of the molecule is COc1nc(C2=CCCN(C)C2)sc1C=NOC(C)C.O=C(O)C(=O)O. The van der Waals surface area contributed by atoms with Gasteiger partial charge in [0.25, 0.3) is 0 Å². The second-order valence-corrected chi connectivity index (χ2v) is 6.68. The molecule has 1 aromatic rings. The van der Waals surface area contributed by atoms with Crippen LogP contribution < -0.4 is 4.74 Å². The lowest BCUT2D eigenvalue weighted by atomic mass is 10.1. The van der Waals surface area contributed by atoms with Crippen molar-refractivity contribution >= 4 is 35.1 Å². The molecule has 1 aliphatic heterocycles. The molecule has 0 radical (unpaired) electrons. The fraction of sp³-hybridized carbons (Fsp3) is 0.500. The van der Waals surface area contributed by atoms with Gasteiger partial charge in [-0.1, -0.05) is 11.2 Å². The van der Waals surface area contributed by atoms with Crippen LogP contribution in [0.15, 0.2) is 11.2 Å². The number of oxime groups is 1. The summed E-state index contributed by atoms with van der Waals surface area (Å²) in [7, 11) is 3.75. The normalized spacial score (nSPS) is 14.6. The van der Waals surface area contributed by atoms with Crippen LogP contribution in [0.5, 0.6) is 5.88 Å². The van der Waals surface area contributed by atoms with E-state index in [9.17, 15) is 0 Å². The molecule has 0 aromatic carbocycles. The Morgan fingerprint density at radius 3 is 2.54 bits per heavy atom. The highest BCUT2D eigenvalue weighted by Gasteiger charge is 2.17. The zero-order valence-electron chi connectivity index (χ0n) is 15.1. The number of likely N-dealkylation sites (N-methyl/N-ethyl adjacent to an activating group) is 1. The van der Waals surface area contributed by atoms with Gasteiger partial charge in [-0.25, -0.2) is 14.6 Å². The maximum absolute atomic E-state index is 9.10. The van der Waals surface area contributed by atoms with E-state index in [0.717, 1.165) is 29.4 Å². The molecule has 144 valence electrons. The van der Waals surface area contributed by atoms with Gasteiger partial charge in [0.2, 0.25) is 5.88 Å². The summed E-state index contributed by atoms with van der Waals surface area (Å²) in [5.41, 5.74) is 1.26. The number of carbonyl (C=O) groups is 2. The van der Waals surface area contributed by atoms with Crippen molar-refractivity contribution in [1.82, 2.24) is 9.88 Å². The number of aliphatic carboxylic acids is 2. The Hall–Kier alpha value is -2.46. The Kier molecular flexibility index (Phi) is 8.73. The number of thiazole rings is 1. The number of hydrogen-bond acceptors (Lipinski definition) is 8. The van der Waals surface area contributed by atoms with Crippen molar-refractivity contribution in [3.05, 3.63) is 16.0 Å². The van der Waals surface area contributed by atoms with Gasteiger partial charge < -0.3 is 24.7 Å². The smallest absolute Gasteiger partial charge is 0.414 e. The molecule has 0 saturated heterocycles. The zero-order chi connectivity index (χ0) is 19.7. The Labute approximate surface area is 155 Å². The van der Waals surface area contributed by atoms with Crippen molar-refractivity contribution in [1.29, 1.82) is 0 Å². The largest absolute Gasteiger partial charge is 0.480 e. The van der Waals surface area contributed by atoms with Crippen molar-refractivity contribution in [2.75, 3.05) is 27.2 Å². The molecule has 2 rings (SSSR count). The zero-order valence-corrected chi connectivity index (χ0v) is 15.9. The van der Waals surface area contributed by atoms with Gasteiger partial charge >= 0.3 is 11.9 Å². The minimum absolute atomic E-state index is 0.0688. The molecule has 9 nitrogen and oxygen atoms in total. The summed E-state index contributed by atoms with van der Waals surface area (Å²) in [6, 6.07) is 0. The van der Waals surface area contributed by atoms with Crippen molar-refractivity contribution in [3.8, 4) is 5.88 Å². The Bertz CT molecular complexity index is 672. The molecule has 2 N–H and O–H groups in total. The number of carboxylic acid groups (broad SMARTS) is 2. The summed E-state index contributed by atoms with van der Waals surface area (Å²) in [6.45, 7) is 5.91. The number of ether oxygens (including phenoxy) is 1. The van der Waals surface area contributed by atoms with Gasteiger partial charge in [0.05, 0.1) is 13.3 Å². The van der Waals surface area contributed by atoms with Gasteiger partial charge in [-0.05, 0) is 32.9 Å². The van der Waals surface area contributed by atoms with Crippen molar-refractivity contribution in [2.45, 2.75) is 26.4 Å².